The molecule has 0 bridgehead atoms. The van der Waals surface area contributed by atoms with Crippen molar-refractivity contribution in [3.8, 4) is 0 Å². The number of hydrogen-bond donors (Lipinski definition) is 1. The predicted molar refractivity (Wildman–Crippen MR) is 77.5 cm³/mol. The van der Waals surface area contributed by atoms with Crippen LogP contribution in [0.4, 0.5) is 5.69 Å². The highest BCUT2D eigenvalue weighted by Gasteiger charge is 2.17. The van der Waals surface area contributed by atoms with E-state index >= 15 is 0 Å². The Kier molecular flexibility index (Phi) is 7.07. The van der Waals surface area contributed by atoms with Gasteiger partial charge in [0.2, 0.25) is 0 Å². The van der Waals surface area contributed by atoms with Crippen molar-refractivity contribution in [3.05, 3.63) is 38.9 Å². The first-order chi connectivity index (χ1) is 9.99. The highest BCUT2D eigenvalue weighted by Crippen LogP contribution is 2.24. The number of amides is 1. The van der Waals surface area contributed by atoms with Crippen molar-refractivity contribution >= 4 is 23.2 Å². The molecule has 0 aliphatic carbocycles. The van der Waals surface area contributed by atoms with Gasteiger partial charge in [-0.15, -0.1) is 0 Å². The van der Waals surface area contributed by atoms with Crippen LogP contribution in [0.3, 0.4) is 0 Å². The Hall–Kier alpha value is -1.70. The number of nitro groups is 1. The van der Waals surface area contributed by atoms with E-state index in [0.717, 1.165) is 6.07 Å². The van der Waals surface area contributed by atoms with Crippen molar-refractivity contribution in [3.63, 3.8) is 0 Å². The maximum absolute atomic E-state index is 12.0. The molecule has 1 N–H and O–H groups in total. The fraction of sp³-hybridized carbons (Fsp3) is 0.462. The van der Waals surface area contributed by atoms with Crippen LogP contribution >= 0.6 is 11.6 Å². The van der Waals surface area contributed by atoms with Crippen LogP contribution in [0.1, 0.15) is 24.2 Å². The number of hydrogen-bond acceptors (Lipinski definition) is 5. The molecule has 0 spiro atoms. The highest BCUT2D eigenvalue weighted by molar-refractivity contribution is 6.32. The standard InChI is InChI=1S/C13H17ClN2O5/c1-3-20-12(21-4-2)8-15-13(17)9-5-6-10(14)11(7-9)16(18)19/h5-7,12H,3-4,8H2,1-2H3,(H,15,17). The van der Waals surface area contributed by atoms with Crippen LogP contribution in [0.15, 0.2) is 18.2 Å². The molecule has 1 aromatic carbocycles. The Bertz CT molecular complexity index is 503. The monoisotopic (exact) mass is 316 g/mol. The van der Waals surface area contributed by atoms with Crippen LogP contribution in [0.2, 0.25) is 5.02 Å². The number of carbonyl (C=O) groups excluding carboxylic acids is 1. The smallest absolute Gasteiger partial charge is 0.288 e. The van der Waals surface area contributed by atoms with E-state index in [-0.39, 0.29) is 22.8 Å². The number of ether oxygens (including phenoxy) is 2. The first kappa shape index (κ1) is 17.4. The molecule has 0 saturated carbocycles. The van der Waals surface area contributed by atoms with Crippen molar-refractivity contribution < 1.29 is 19.2 Å². The van der Waals surface area contributed by atoms with Crippen LogP contribution in [0.5, 0.6) is 0 Å². The second kappa shape index (κ2) is 8.56. The van der Waals surface area contributed by atoms with Gasteiger partial charge in [0, 0.05) is 24.8 Å². The molecule has 0 saturated heterocycles. The summed E-state index contributed by atoms with van der Waals surface area (Å²) in [5.74, 6) is -0.459. The van der Waals surface area contributed by atoms with E-state index in [2.05, 4.69) is 5.32 Å². The first-order valence-corrected chi connectivity index (χ1v) is 6.82. The van der Waals surface area contributed by atoms with Gasteiger partial charge in [0.1, 0.15) is 5.02 Å². The van der Waals surface area contributed by atoms with Crippen molar-refractivity contribution in [2.75, 3.05) is 19.8 Å². The molecule has 0 radical (unpaired) electrons. The number of carbonyl (C=O) groups is 1. The van der Waals surface area contributed by atoms with Crippen molar-refractivity contribution in [2.45, 2.75) is 20.1 Å². The van der Waals surface area contributed by atoms with Gasteiger partial charge in [-0.2, -0.15) is 0 Å². The summed E-state index contributed by atoms with van der Waals surface area (Å²) in [5, 5.41) is 13.4. The minimum absolute atomic E-state index is 0.0157. The first-order valence-electron chi connectivity index (χ1n) is 6.44. The molecular weight excluding hydrogens is 300 g/mol. The molecule has 1 aromatic rings. The number of halogens is 1. The number of benzene rings is 1. The van der Waals surface area contributed by atoms with E-state index in [1.165, 1.54) is 12.1 Å². The predicted octanol–water partition coefficient (Wildman–Crippen LogP) is 2.38. The summed E-state index contributed by atoms with van der Waals surface area (Å²) in [6.07, 6.45) is -0.550. The van der Waals surface area contributed by atoms with E-state index in [4.69, 9.17) is 21.1 Å². The summed E-state index contributed by atoms with van der Waals surface area (Å²) in [5.41, 5.74) is -0.159. The van der Waals surface area contributed by atoms with Gasteiger partial charge in [0.05, 0.1) is 11.5 Å². The zero-order valence-corrected chi connectivity index (χ0v) is 12.6. The summed E-state index contributed by atoms with van der Waals surface area (Å²) in [6.45, 7) is 4.68. The van der Waals surface area contributed by atoms with E-state index < -0.39 is 17.1 Å². The zero-order chi connectivity index (χ0) is 15.8. The third kappa shape index (κ3) is 5.30. The fourth-order valence-corrected chi connectivity index (χ4v) is 1.80. The van der Waals surface area contributed by atoms with Gasteiger partial charge in [-0.3, -0.25) is 14.9 Å². The second-order valence-electron chi connectivity index (χ2n) is 3.97. The third-order valence-electron chi connectivity index (χ3n) is 2.54. The lowest BCUT2D eigenvalue weighted by atomic mass is 10.2. The lowest BCUT2D eigenvalue weighted by Crippen LogP contribution is -2.35. The number of rotatable bonds is 8. The summed E-state index contributed by atoms with van der Waals surface area (Å²) < 4.78 is 10.6. The van der Waals surface area contributed by atoms with Gasteiger partial charge in [-0.25, -0.2) is 0 Å². The van der Waals surface area contributed by atoms with Crippen molar-refractivity contribution in [1.82, 2.24) is 5.32 Å². The van der Waals surface area contributed by atoms with Gasteiger partial charge in [-0.1, -0.05) is 11.6 Å². The molecule has 0 unspecified atom stereocenters. The Morgan fingerprint density at radius 3 is 2.52 bits per heavy atom. The number of nitrogens with zero attached hydrogens (tertiary/aromatic N) is 1. The number of nitro benzene ring substituents is 1. The van der Waals surface area contributed by atoms with E-state index in [9.17, 15) is 14.9 Å². The van der Waals surface area contributed by atoms with Gasteiger partial charge in [0.25, 0.3) is 11.6 Å². The molecule has 0 aliphatic rings. The Balaban J connectivity index is 2.71. The second-order valence-corrected chi connectivity index (χ2v) is 4.38. The van der Waals surface area contributed by atoms with E-state index in [1.54, 1.807) is 0 Å². The molecular formula is C13H17ClN2O5. The maximum Gasteiger partial charge on any atom is 0.288 e. The molecule has 1 rings (SSSR count). The lowest BCUT2D eigenvalue weighted by Gasteiger charge is -2.17. The molecule has 0 heterocycles. The average Bonchev–Trinajstić information content (AvgIpc) is 2.45. The minimum atomic E-state index is -0.637. The molecule has 116 valence electrons. The van der Waals surface area contributed by atoms with Gasteiger partial charge in [-0.05, 0) is 26.0 Å². The van der Waals surface area contributed by atoms with Crippen LogP contribution in [-0.2, 0) is 9.47 Å². The fourth-order valence-electron chi connectivity index (χ4n) is 1.61. The van der Waals surface area contributed by atoms with E-state index in [1.807, 2.05) is 13.8 Å². The maximum atomic E-state index is 12.0. The normalized spacial score (nSPS) is 10.7. The summed E-state index contributed by atoms with van der Waals surface area (Å²) in [6, 6.07) is 3.87. The molecule has 7 nitrogen and oxygen atoms in total. The van der Waals surface area contributed by atoms with Crippen molar-refractivity contribution in [1.29, 1.82) is 0 Å². The Morgan fingerprint density at radius 1 is 1.38 bits per heavy atom. The Morgan fingerprint density at radius 2 is 2.00 bits per heavy atom. The molecule has 0 aromatic heterocycles. The van der Waals surface area contributed by atoms with Gasteiger partial charge in [0.15, 0.2) is 6.29 Å². The quantitative estimate of drug-likeness (QED) is 0.451. The number of nitrogens with one attached hydrogen (secondary N) is 1. The lowest BCUT2D eigenvalue weighted by molar-refractivity contribution is -0.384. The Labute approximate surface area is 127 Å². The largest absolute Gasteiger partial charge is 0.351 e. The van der Waals surface area contributed by atoms with Gasteiger partial charge < -0.3 is 14.8 Å². The van der Waals surface area contributed by atoms with Crippen molar-refractivity contribution in [2.24, 2.45) is 0 Å². The van der Waals surface area contributed by atoms with Crippen LogP contribution in [0, 0.1) is 10.1 Å². The molecule has 0 atom stereocenters. The molecule has 0 fully saturated rings. The SMILES string of the molecule is CCOC(CNC(=O)c1ccc(Cl)c([N+](=O)[O-])c1)OCC. The zero-order valence-electron chi connectivity index (χ0n) is 11.8. The van der Waals surface area contributed by atoms with Crippen LogP contribution < -0.4 is 5.32 Å². The van der Waals surface area contributed by atoms with Gasteiger partial charge >= 0.3 is 0 Å². The van der Waals surface area contributed by atoms with Crippen LogP contribution in [0.25, 0.3) is 0 Å². The molecule has 8 heteroatoms. The topological polar surface area (TPSA) is 90.7 Å². The minimum Gasteiger partial charge on any atom is -0.351 e. The summed E-state index contributed by atoms with van der Waals surface area (Å²) in [7, 11) is 0. The summed E-state index contributed by atoms with van der Waals surface area (Å²) in [4.78, 5) is 22.1. The van der Waals surface area contributed by atoms with Crippen LogP contribution in [-0.4, -0.2) is 36.9 Å². The highest BCUT2D eigenvalue weighted by atomic mass is 35.5. The molecule has 21 heavy (non-hydrogen) atoms. The average molecular weight is 317 g/mol. The van der Waals surface area contributed by atoms with E-state index in [0.29, 0.717) is 13.2 Å². The third-order valence-corrected chi connectivity index (χ3v) is 2.86. The summed E-state index contributed by atoms with van der Waals surface area (Å²) >= 11 is 5.69. The molecule has 1 amide bonds. The molecule has 0 aliphatic heterocycles.